The number of aryl methyl sites for hydroxylation is 1. The molecule has 0 radical (unpaired) electrons. The summed E-state index contributed by atoms with van der Waals surface area (Å²) in [5.41, 5.74) is 1.62. The predicted octanol–water partition coefficient (Wildman–Crippen LogP) is 4.80. The number of pyridine rings is 1. The molecule has 3 saturated heterocycles. The second-order valence-electron chi connectivity index (χ2n) is 9.99. The Labute approximate surface area is 198 Å². The number of aromatic nitrogens is 3. The summed E-state index contributed by atoms with van der Waals surface area (Å²) < 4.78 is 20.2. The fourth-order valence-electron chi connectivity index (χ4n) is 4.71. The minimum absolute atomic E-state index is 0.0726. The van der Waals surface area contributed by atoms with Crippen LogP contribution in [0, 0.1) is 12.7 Å². The molecule has 1 amide bonds. The molecular formula is C25H29FN6O2. The second-order valence-corrected chi connectivity index (χ2v) is 9.99. The Kier molecular flexibility index (Phi) is 5.50. The number of hydrogen-bond acceptors (Lipinski definition) is 7. The number of nitrogens with zero attached hydrogens (tertiary/aromatic N) is 5. The van der Waals surface area contributed by atoms with Gasteiger partial charge in [-0.3, -0.25) is 0 Å². The first kappa shape index (κ1) is 22.3. The highest BCUT2D eigenvalue weighted by molar-refractivity contribution is 5.88. The molecule has 3 aromatic rings. The maximum absolute atomic E-state index is 14.6. The number of piperidine rings is 2. The van der Waals surface area contributed by atoms with Crippen LogP contribution in [0.2, 0.25) is 0 Å². The van der Waals surface area contributed by atoms with Crippen molar-refractivity contribution in [1.29, 1.82) is 0 Å². The van der Waals surface area contributed by atoms with Gasteiger partial charge in [-0.05, 0) is 64.3 Å². The molecule has 0 unspecified atom stereocenters. The molecule has 9 heteroatoms. The van der Waals surface area contributed by atoms with Crippen LogP contribution in [0.1, 0.15) is 39.2 Å². The number of anilines is 3. The molecule has 3 aliphatic rings. The fourth-order valence-corrected chi connectivity index (χ4v) is 4.71. The SMILES string of the molecule is Cc1cccc(Nc2ncnc3ccc(N4C[C@H]5CC[C@@H]4CN5C(=O)OC(C)(C)C)nc23)c1F. The predicted molar refractivity (Wildman–Crippen MR) is 129 cm³/mol. The lowest BCUT2D eigenvalue weighted by Crippen LogP contribution is -2.64. The van der Waals surface area contributed by atoms with Gasteiger partial charge in [0, 0.05) is 19.1 Å². The summed E-state index contributed by atoms with van der Waals surface area (Å²) in [6.07, 6.45) is 3.11. The molecular weight excluding hydrogens is 435 g/mol. The highest BCUT2D eigenvalue weighted by atomic mass is 19.1. The van der Waals surface area contributed by atoms with E-state index >= 15 is 0 Å². The normalized spacial score (nSPS) is 20.0. The van der Waals surface area contributed by atoms with E-state index < -0.39 is 5.60 Å². The molecule has 0 aliphatic carbocycles. The summed E-state index contributed by atoms with van der Waals surface area (Å²) in [5.74, 6) is 0.934. The van der Waals surface area contributed by atoms with E-state index in [2.05, 4.69) is 20.2 Å². The molecule has 8 nitrogen and oxygen atoms in total. The van der Waals surface area contributed by atoms with Crippen LogP contribution < -0.4 is 10.2 Å². The van der Waals surface area contributed by atoms with Crippen LogP contribution in [0.25, 0.3) is 11.0 Å². The number of hydrogen-bond donors (Lipinski definition) is 1. The van der Waals surface area contributed by atoms with Crippen molar-refractivity contribution in [1.82, 2.24) is 19.9 Å². The average Bonchev–Trinajstić information content (AvgIpc) is 2.81. The summed E-state index contributed by atoms with van der Waals surface area (Å²) in [6.45, 7) is 8.66. The van der Waals surface area contributed by atoms with E-state index in [1.54, 1.807) is 25.1 Å². The van der Waals surface area contributed by atoms with Crippen LogP contribution in [0.5, 0.6) is 0 Å². The number of carbonyl (C=O) groups excluding carboxylic acids is 1. The Morgan fingerprint density at radius 1 is 1.12 bits per heavy atom. The Bertz CT molecular complexity index is 1240. The Balaban J connectivity index is 1.42. The average molecular weight is 465 g/mol. The number of piperazine rings is 1. The standard InChI is InChI=1S/C25H29FN6O2/c1-15-6-5-7-18(21(15)26)29-23-22-19(27-14-28-23)10-11-20(30-22)31-12-17-9-8-16(31)13-32(17)24(33)34-25(2,3)4/h5-7,10-11,14,16-17H,8-9,12-13H2,1-4H3,(H,27,28,29)/t16-,17-/m1/s1. The lowest BCUT2D eigenvalue weighted by Gasteiger charge is -2.51. The Morgan fingerprint density at radius 3 is 2.65 bits per heavy atom. The minimum atomic E-state index is -0.520. The highest BCUT2D eigenvalue weighted by Gasteiger charge is 2.43. The molecule has 6 rings (SSSR count). The van der Waals surface area contributed by atoms with E-state index in [1.165, 1.54) is 6.33 Å². The van der Waals surface area contributed by atoms with Crippen molar-refractivity contribution in [2.24, 2.45) is 0 Å². The summed E-state index contributed by atoms with van der Waals surface area (Å²) in [4.78, 5) is 30.4. The molecule has 2 atom stereocenters. The number of benzene rings is 1. The second kappa shape index (κ2) is 8.38. The van der Waals surface area contributed by atoms with Gasteiger partial charge < -0.3 is 19.9 Å². The van der Waals surface area contributed by atoms with Gasteiger partial charge in [0.15, 0.2) is 5.82 Å². The monoisotopic (exact) mass is 464 g/mol. The molecule has 2 aromatic heterocycles. The van der Waals surface area contributed by atoms with Crippen LogP contribution >= 0.6 is 0 Å². The summed E-state index contributed by atoms with van der Waals surface area (Å²) in [7, 11) is 0. The van der Waals surface area contributed by atoms with Crippen LogP contribution in [-0.4, -0.2) is 56.7 Å². The molecule has 178 valence electrons. The third kappa shape index (κ3) is 4.22. The van der Waals surface area contributed by atoms with Gasteiger partial charge in [-0.25, -0.2) is 24.1 Å². The van der Waals surface area contributed by atoms with Crippen molar-refractivity contribution in [3.8, 4) is 0 Å². The van der Waals surface area contributed by atoms with Crippen molar-refractivity contribution >= 4 is 34.4 Å². The Morgan fingerprint density at radius 2 is 1.91 bits per heavy atom. The Hall–Kier alpha value is -3.49. The van der Waals surface area contributed by atoms with Crippen molar-refractivity contribution < 1.29 is 13.9 Å². The van der Waals surface area contributed by atoms with E-state index in [-0.39, 0.29) is 24.0 Å². The largest absolute Gasteiger partial charge is 0.444 e. The van der Waals surface area contributed by atoms with Gasteiger partial charge >= 0.3 is 6.09 Å². The zero-order valence-electron chi connectivity index (χ0n) is 19.9. The molecule has 1 aromatic carbocycles. The molecule has 34 heavy (non-hydrogen) atoms. The van der Waals surface area contributed by atoms with Gasteiger partial charge in [-0.2, -0.15) is 0 Å². The van der Waals surface area contributed by atoms with Crippen molar-refractivity contribution in [3.63, 3.8) is 0 Å². The molecule has 3 fully saturated rings. The van der Waals surface area contributed by atoms with Crippen LogP contribution in [0.4, 0.5) is 26.5 Å². The number of nitrogens with one attached hydrogen (secondary N) is 1. The first-order chi connectivity index (χ1) is 16.2. The van der Waals surface area contributed by atoms with E-state index in [0.29, 0.717) is 41.2 Å². The van der Waals surface area contributed by atoms with Crippen LogP contribution in [0.15, 0.2) is 36.7 Å². The number of halogens is 1. The minimum Gasteiger partial charge on any atom is -0.444 e. The number of ether oxygens (including phenoxy) is 1. The fraction of sp³-hybridized carbons (Fsp3) is 0.440. The van der Waals surface area contributed by atoms with Crippen molar-refractivity contribution in [2.45, 2.75) is 58.2 Å². The maximum Gasteiger partial charge on any atom is 0.410 e. The van der Waals surface area contributed by atoms with Gasteiger partial charge in [0.1, 0.15) is 29.1 Å². The van der Waals surface area contributed by atoms with Crippen LogP contribution in [-0.2, 0) is 4.74 Å². The van der Waals surface area contributed by atoms with Crippen molar-refractivity contribution in [3.05, 3.63) is 48.0 Å². The number of rotatable bonds is 3. The molecule has 2 bridgehead atoms. The molecule has 5 heterocycles. The highest BCUT2D eigenvalue weighted by Crippen LogP contribution is 2.34. The van der Waals surface area contributed by atoms with Gasteiger partial charge in [-0.1, -0.05) is 12.1 Å². The molecule has 0 spiro atoms. The first-order valence-electron chi connectivity index (χ1n) is 11.6. The summed E-state index contributed by atoms with van der Waals surface area (Å²) >= 11 is 0. The molecule has 0 saturated carbocycles. The zero-order chi connectivity index (χ0) is 24.0. The number of carbonyl (C=O) groups is 1. The topological polar surface area (TPSA) is 83.5 Å². The third-order valence-corrected chi connectivity index (χ3v) is 6.36. The van der Waals surface area contributed by atoms with Gasteiger partial charge in [0.05, 0.1) is 17.2 Å². The summed E-state index contributed by atoms with van der Waals surface area (Å²) in [6, 6.07) is 9.27. The van der Waals surface area contributed by atoms with Crippen LogP contribution in [0.3, 0.4) is 0 Å². The molecule has 3 aliphatic heterocycles. The van der Waals surface area contributed by atoms with E-state index in [9.17, 15) is 9.18 Å². The van der Waals surface area contributed by atoms with E-state index in [4.69, 9.17) is 9.72 Å². The number of amides is 1. The summed E-state index contributed by atoms with van der Waals surface area (Å²) in [5, 5.41) is 3.09. The molecule has 1 N–H and O–H groups in total. The quantitative estimate of drug-likeness (QED) is 0.596. The van der Waals surface area contributed by atoms with Gasteiger partial charge in [0.25, 0.3) is 0 Å². The third-order valence-electron chi connectivity index (χ3n) is 6.36. The van der Waals surface area contributed by atoms with E-state index in [0.717, 1.165) is 18.7 Å². The lowest BCUT2D eigenvalue weighted by atomic mass is 9.91. The maximum atomic E-state index is 14.6. The number of fused-ring (bicyclic) bond motifs is 4. The smallest absolute Gasteiger partial charge is 0.410 e. The first-order valence-corrected chi connectivity index (χ1v) is 11.6. The zero-order valence-corrected chi connectivity index (χ0v) is 19.9. The van der Waals surface area contributed by atoms with E-state index in [1.807, 2.05) is 37.8 Å². The lowest BCUT2D eigenvalue weighted by molar-refractivity contribution is 0.000791. The van der Waals surface area contributed by atoms with Gasteiger partial charge in [0.2, 0.25) is 0 Å². The van der Waals surface area contributed by atoms with Crippen molar-refractivity contribution in [2.75, 3.05) is 23.3 Å². The van der Waals surface area contributed by atoms with Gasteiger partial charge in [-0.15, -0.1) is 0 Å².